The minimum atomic E-state index is -0.500. The van der Waals surface area contributed by atoms with Gasteiger partial charge in [-0.1, -0.05) is 11.6 Å². The Kier molecular flexibility index (Phi) is 3.59. The van der Waals surface area contributed by atoms with Gasteiger partial charge in [0.05, 0.1) is 5.02 Å². The highest BCUT2D eigenvalue weighted by Crippen LogP contribution is 2.51. The molecular formula is C16H19ClFN3O. The maximum Gasteiger partial charge on any atom is 0.251 e. The second kappa shape index (κ2) is 5.48. The lowest BCUT2D eigenvalue weighted by molar-refractivity contribution is 0.0947. The van der Waals surface area contributed by atoms with Crippen molar-refractivity contribution in [2.24, 2.45) is 17.8 Å². The van der Waals surface area contributed by atoms with Gasteiger partial charge in [-0.15, -0.1) is 0 Å². The van der Waals surface area contributed by atoms with E-state index < -0.39 is 5.82 Å². The monoisotopic (exact) mass is 323 g/mol. The SMILES string of the molecule is O=C(NCC1C2CN(C3CNC3)CC12)c1ccc(F)c(Cl)c1. The van der Waals surface area contributed by atoms with Gasteiger partial charge in [-0.25, -0.2) is 4.39 Å². The number of halogens is 2. The molecule has 1 amide bonds. The predicted octanol–water partition coefficient (Wildman–Crippen LogP) is 1.36. The average Bonchev–Trinajstić information content (AvgIpc) is 2.89. The molecule has 118 valence electrons. The summed E-state index contributed by atoms with van der Waals surface area (Å²) in [5.74, 6) is 1.40. The van der Waals surface area contributed by atoms with E-state index >= 15 is 0 Å². The molecule has 4 rings (SSSR count). The van der Waals surface area contributed by atoms with Gasteiger partial charge in [-0.05, 0) is 36.0 Å². The van der Waals surface area contributed by atoms with Crippen LogP contribution in [0, 0.1) is 23.6 Å². The van der Waals surface area contributed by atoms with Gasteiger partial charge in [-0.2, -0.15) is 0 Å². The van der Waals surface area contributed by atoms with Crippen LogP contribution in [-0.2, 0) is 0 Å². The number of hydrogen-bond acceptors (Lipinski definition) is 3. The maximum absolute atomic E-state index is 13.1. The lowest BCUT2D eigenvalue weighted by atomic mass is 10.1. The molecule has 2 saturated heterocycles. The smallest absolute Gasteiger partial charge is 0.251 e. The van der Waals surface area contributed by atoms with Crippen LogP contribution in [0.2, 0.25) is 5.02 Å². The van der Waals surface area contributed by atoms with E-state index in [1.165, 1.54) is 31.3 Å². The van der Waals surface area contributed by atoms with Crippen molar-refractivity contribution in [2.75, 3.05) is 32.7 Å². The Morgan fingerprint density at radius 2 is 2.09 bits per heavy atom. The normalized spacial score (nSPS) is 30.7. The molecular weight excluding hydrogens is 305 g/mol. The molecule has 0 bridgehead atoms. The first-order chi connectivity index (χ1) is 10.6. The second-order valence-corrected chi connectivity index (χ2v) is 7.00. The lowest BCUT2D eigenvalue weighted by Crippen LogP contribution is -2.57. The van der Waals surface area contributed by atoms with E-state index in [1.807, 2.05) is 0 Å². The second-order valence-electron chi connectivity index (χ2n) is 6.60. The largest absolute Gasteiger partial charge is 0.352 e. The summed E-state index contributed by atoms with van der Waals surface area (Å²) in [5.41, 5.74) is 0.416. The number of likely N-dealkylation sites (tertiary alicyclic amines) is 1. The number of carbonyl (C=O) groups is 1. The number of nitrogens with zero attached hydrogens (tertiary/aromatic N) is 1. The number of benzene rings is 1. The highest BCUT2D eigenvalue weighted by atomic mass is 35.5. The van der Waals surface area contributed by atoms with Crippen molar-refractivity contribution in [3.05, 3.63) is 34.6 Å². The molecule has 0 radical (unpaired) electrons. The molecule has 3 aliphatic rings. The summed E-state index contributed by atoms with van der Waals surface area (Å²) in [6.07, 6.45) is 0. The summed E-state index contributed by atoms with van der Waals surface area (Å²) in [4.78, 5) is 14.7. The Balaban J connectivity index is 1.26. The Morgan fingerprint density at radius 3 is 2.68 bits per heavy atom. The molecule has 1 aromatic rings. The van der Waals surface area contributed by atoms with Crippen LogP contribution in [0.15, 0.2) is 18.2 Å². The molecule has 6 heteroatoms. The van der Waals surface area contributed by atoms with Gasteiger partial charge in [0.15, 0.2) is 0 Å². The van der Waals surface area contributed by atoms with Crippen LogP contribution in [0.5, 0.6) is 0 Å². The molecule has 4 nitrogen and oxygen atoms in total. The van der Waals surface area contributed by atoms with Crippen LogP contribution in [0.3, 0.4) is 0 Å². The fraction of sp³-hybridized carbons (Fsp3) is 0.562. The summed E-state index contributed by atoms with van der Waals surface area (Å²) >= 11 is 5.71. The summed E-state index contributed by atoms with van der Waals surface area (Å²) in [7, 11) is 0. The Bertz CT molecular complexity index is 595. The number of amides is 1. The summed E-state index contributed by atoms with van der Waals surface area (Å²) < 4.78 is 13.1. The lowest BCUT2D eigenvalue weighted by Gasteiger charge is -2.36. The summed E-state index contributed by atoms with van der Waals surface area (Å²) in [5, 5.41) is 6.25. The molecule has 0 spiro atoms. The molecule has 1 aliphatic carbocycles. The van der Waals surface area contributed by atoms with Crippen molar-refractivity contribution >= 4 is 17.5 Å². The molecule has 2 N–H and O–H groups in total. The number of hydrogen-bond donors (Lipinski definition) is 2. The molecule has 2 heterocycles. The fourth-order valence-electron chi connectivity index (χ4n) is 3.76. The first-order valence-corrected chi connectivity index (χ1v) is 8.19. The van der Waals surface area contributed by atoms with Crippen LogP contribution in [0.4, 0.5) is 4.39 Å². The zero-order valence-corrected chi connectivity index (χ0v) is 12.9. The van der Waals surface area contributed by atoms with Gasteiger partial charge in [0, 0.05) is 44.3 Å². The highest BCUT2D eigenvalue weighted by Gasteiger charge is 2.56. The average molecular weight is 324 g/mol. The molecule has 2 aliphatic heterocycles. The van der Waals surface area contributed by atoms with Crippen LogP contribution < -0.4 is 10.6 Å². The van der Waals surface area contributed by atoms with Crippen molar-refractivity contribution in [3.8, 4) is 0 Å². The van der Waals surface area contributed by atoms with Crippen LogP contribution in [0.1, 0.15) is 10.4 Å². The first-order valence-electron chi connectivity index (χ1n) is 7.81. The molecule has 2 atom stereocenters. The molecule has 3 fully saturated rings. The molecule has 0 aromatic heterocycles. The van der Waals surface area contributed by atoms with Gasteiger partial charge >= 0.3 is 0 Å². The number of carbonyl (C=O) groups excluding carboxylic acids is 1. The third-order valence-electron chi connectivity index (χ3n) is 5.36. The standard InChI is InChI=1S/C16H19ClFN3O/c17-14-3-9(1-2-15(14)18)16(22)20-6-11-12-7-21(8-13(11)12)10-4-19-5-10/h1-3,10-13,19H,4-8H2,(H,20,22). The minimum absolute atomic E-state index is 0.0132. The number of piperidine rings is 1. The fourth-order valence-corrected chi connectivity index (χ4v) is 3.95. The number of fused-ring (bicyclic) bond motifs is 1. The molecule has 1 saturated carbocycles. The quantitative estimate of drug-likeness (QED) is 0.879. The van der Waals surface area contributed by atoms with Crippen LogP contribution in [-0.4, -0.2) is 49.6 Å². The Labute approximate surface area is 134 Å². The van der Waals surface area contributed by atoms with Crippen molar-refractivity contribution < 1.29 is 9.18 Å². The Hall–Kier alpha value is -1.17. The van der Waals surface area contributed by atoms with Gasteiger partial charge in [-0.3, -0.25) is 9.69 Å². The highest BCUT2D eigenvalue weighted by molar-refractivity contribution is 6.31. The van der Waals surface area contributed by atoms with E-state index in [-0.39, 0.29) is 10.9 Å². The van der Waals surface area contributed by atoms with Gasteiger partial charge in [0.2, 0.25) is 0 Å². The molecule has 22 heavy (non-hydrogen) atoms. The number of nitrogens with one attached hydrogen (secondary N) is 2. The summed E-state index contributed by atoms with van der Waals surface area (Å²) in [6.45, 7) is 5.28. The van der Waals surface area contributed by atoms with Gasteiger partial charge < -0.3 is 10.6 Å². The van der Waals surface area contributed by atoms with E-state index in [0.29, 0.717) is 18.0 Å². The van der Waals surface area contributed by atoms with E-state index in [0.717, 1.165) is 31.0 Å². The van der Waals surface area contributed by atoms with Crippen molar-refractivity contribution in [3.63, 3.8) is 0 Å². The topological polar surface area (TPSA) is 44.4 Å². The zero-order chi connectivity index (χ0) is 15.3. The van der Waals surface area contributed by atoms with E-state index in [1.54, 1.807) is 0 Å². The third-order valence-corrected chi connectivity index (χ3v) is 5.65. The zero-order valence-electron chi connectivity index (χ0n) is 12.2. The number of rotatable bonds is 4. The van der Waals surface area contributed by atoms with Gasteiger partial charge in [0.1, 0.15) is 5.82 Å². The molecule has 2 unspecified atom stereocenters. The minimum Gasteiger partial charge on any atom is -0.352 e. The van der Waals surface area contributed by atoms with Crippen molar-refractivity contribution in [2.45, 2.75) is 6.04 Å². The van der Waals surface area contributed by atoms with Crippen molar-refractivity contribution in [1.29, 1.82) is 0 Å². The van der Waals surface area contributed by atoms with E-state index in [2.05, 4.69) is 15.5 Å². The first kappa shape index (κ1) is 14.4. The van der Waals surface area contributed by atoms with Crippen LogP contribution in [0.25, 0.3) is 0 Å². The molecule has 1 aromatic carbocycles. The summed E-state index contributed by atoms with van der Waals surface area (Å²) in [6, 6.07) is 4.80. The van der Waals surface area contributed by atoms with Gasteiger partial charge in [0.25, 0.3) is 5.91 Å². The van der Waals surface area contributed by atoms with Crippen molar-refractivity contribution in [1.82, 2.24) is 15.5 Å². The predicted molar refractivity (Wildman–Crippen MR) is 82.4 cm³/mol. The third kappa shape index (κ3) is 2.51. The van der Waals surface area contributed by atoms with E-state index in [9.17, 15) is 9.18 Å². The Morgan fingerprint density at radius 1 is 1.36 bits per heavy atom. The maximum atomic E-state index is 13.1. The van der Waals surface area contributed by atoms with Crippen LogP contribution >= 0.6 is 11.6 Å². The van der Waals surface area contributed by atoms with E-state index in [4.69, 9.17) is 11.6 Å².